The fraction of sp³-hybridized carbons (Fsp3) is 1.00. The molecule has 0 radical (unpaired) electrons. The second kappa shape index (κ2) is 7.29. The molecule has 2 heteroatoms. The molecule has 0 heterocycles. The summed E-state index contributed by atoms with van der Waals surface area (Å²) in [5.41, 5.74) is 0.359. The van der Waals surface area contributed by atoms with Gasteiger partial charge in [0.1, 0.15) is 0 Å². The summed E-state index contributed by atoms with van der Waals surface area (Å²) in [7, 11) is 2.24. The van der Waals surface area contributed by atoms with Crippen molar-refractivity contribution < 1.29 is 0 Å². The molecule has 0 spiro atoms. The molecule has 2 nitrogen and oxygen atoms in total. The quantitative estimate of drug-likeness (QED) is 0.720. The van der Waals surface area contributed by atoms with Gasteiger partial charge in [-0.15, -0.1) is 0 Å². The van der Waals surface area contributed by atoms with Crippen molar-refractivity contribution in [3.05, 3.63) is 0 Å². The van der Waals surface area contributed by atoms with Crippen LogP contribution >= 0.6 is 0 Å². The third-order valence-electron chi connectivity index (χ3n) is 3.60. The van der Waals surface area contributed by atoms with Gasteiger partial charge in [0.25, 0.3) is 0 Å². The fourth-order valence-corrected chi connectivity index (χ4v) is 1.85. The van der Waals surface area contributed by atoms with Crippen LogP contribution in [0.2, 0.25) is 0 Å². The molecular weight excluding hydrogens is 196 g/mol. The van der Waals surface area contributed by atoms with Gasteiger partial charge in [0, 0.05) is 18.6 Å². The van der Waals surface area contributed by atoms with E-state index in [1.165, 1.54) is 12.8 Å². The van der Waals surface area contributed by atoms with Crippen LogP contribution in [-0.4, -0.2) is 37.1 Å². The first-order chi connectivity index (χ1) is 7.32. The number of rotatable bonds is 7. The van der Waals surface area contributed by atoms with Crippen LogP contribution in [0.25, 0.3) is 0 Å². The molecule has 0 saturated carbocycles. The van der Waals surface area contributed by atoms with Crippen molar-refractivity contribution >= 4 is 0 Å². The maximum Gasteiger partial charge on any atom is 0.0192 e. The Hall–Kier alpha value is -0.0800. The Labute approximate surface area is 103 Å². The van der Waals surface area contributed by atoms with E-state index in [2.05, 4.69) is 58.8 Å². The van der Waals surface area contributed by atoms with E-state index < -0.39 is 0 Å². The van der Waals surface area contributed by atoms with Gasteiger partial charge in [0.2, 0.25) is 0 Å². The van der Waals surface area contributed by atoms with E-state index in [9.17, 15) is 0 Å². The van der Waals surface area contributed by atoms with E-state index in [4.69, 9.17) is 0 Å². The molecule has 0 saturated heterocycles. The number of nitrogens with zero attached hydrogens (tertiary/aromatic N) is 1. The minimum atomic E-state index is 0.359. The first-order valence-corrected chi connectivity index (χ1v) is 6.76. The molecule has 0 aromatic carbocycles. The van der Waals surface area contributed by atoms with Crippen LogP contribution in [0, 0.1) is 5.41 Å². The maximum atomic E-state index is 3.61. The molecule has 0 fully saturated rings. The van der Waals surface area contributed by atoms with Crippen molar-refractivity contribution in [3.8, 4) is 0 Å². The Kier molecular flexibility index (Phi) is 7.25. The predicted octanol–water partition coefficient (Wildman–Crippen LogP) is 3.13. The molecule has 0 aliphatic carbocycles. The summed E-state index contributed by atoms with van der Waals surface area (Å²) in [6.07, 6.45) is 2.43. The molecule has 0 bridgehead atoms. The highest BCUT2D eigenvalue weighted by Crippen LogP contribution is 2.23. The maximum absolute atomic E-state index is 3.61. The average Bonchev–Trinajstić information content (AvgIpc) is 2.21. The number of hydrogen-bond acceptors (Lipinski definition) is 2. The van der Waals surface area contributed by atoms with Gasteiger partial charge < -0.3 is 10.2 Å². The van der Waals surface area contributed by atoms with Crippen molar-refractivity contribution in [1.82, 2.24) is 10.2 Å². The molecule has 2 atom stereocenters. The minimum absolute atomic E-state index is 0.359. The lowest BCUT2D eigenvalue weighted by Gasteiger charge is -2.37. The van der Waals surface area contributed by atoms with Crippen LogP contribution < -0.4 is 5.32 Å². The lowest BCUT2D eigenvalue weighted by atomic mass is 9.87. The Morgan fingerprint density at radius 2 is 1.75 bits per heavy atom. The highest BCUT2D eigenvalue weighted by atomic mass is 15.2. The third-order valence-corrected chi connectivity index (χ3v) is 3.60. The average molecular weight is 228 g/mol. The third kappa shape index (κ3) is 5.86. The van der Waals surface area contributed by atoms with Gasteiger partial charge in [-0.25, -0.2) is 0 Å². The number of nitrogens with one attached hydrogen (secondary N) is 1. The molecule has 0 aromatic heterocycles. The monoisotopic (exact) mass is 228 g/mol. The lowest BCUT2D eigenvalue weighted by molar-refractivity contribution is 0.128. The van der Waals surface area contributed by atoms with Crippen LogP contribution in [0.4, 0.5) is 0 Å². The highest BCUT2D eigenvalue weighted by Gasteiger charge is 2.24. The summed E-state index contributed by atoms with van der Waals surface area (Å²) in [5.74, 6) is 0. The van der Waals surface area contributed by atoms with Crippen LogP contribution in [-0.2, 0) is 0 Å². The van der Waals surface area contributed by atoms with Crippen LogP contribution in [0.3, 0.4) is 0 Å². The minimum Gasteiger partial charge on any atom is -0.313 e. The lowest BCUT2D eigenvalue weighted by Crippen LogP contribution is -2.46. The first kappa shape index (κ1) is 15.9. The summed E-state index contributed by atoms with van der Waals surface area (Å²) in [4.78, 5) is 2.48. The Morgan fingerprint density at radius 1 is 1.19 bits per heavy atom. The van der Waals surface area contributed by atoms with E-state index in [1.807, 2.05) is 0 Å². The van der Waals surface area contributed by atoms with Gasteiger partial charge in [-0.2, -0.15) is 0 Å². The van der Waals surface area contributed by atoms with Crippen LogP contribution in [0.1, 0.15) is 54.4 Å². The summed E-state index contributed by atoms with van der Waals surface area (Å²) < 4.78 is 0. The standard InChI is InChI=1S/C14H32N2/c1-8-10-15-13(9-2)11-16(7)12(3)14(4,5)6/h12-13,15H,8-11H2,1-7H3. The highest BCUT2D eigenvalue weighted by molar-refractivity contribution is 4.80. The van der Waals surface area contributed by atoms with Gasteiger partial charge >= 0.3 is 0 Å². The molecule has 1 N–H and O–H groups in total. The molecule has 0 aliphatic rings. The van der Waals surface area contributed by atoms with E-state index in [-0.39, 0.29) is 0 Å². The van der Waals surface area contributed by atoms with E-state index in [1.54, 1.807) is 0 Å². The topological polar surface area (TPSA) is 15.3 Å². The molecule has 0 amide bonds. The van der Waals surface area contributed by atoms with Gasteiger partial charge in [-0.1, -0.05) is 34.6 Å². The Morgan fingerprint density at radius 3 is 2.12 bits per heavy atom. The van der Waals surface area contributed by atoms with Gasteiger partial charge in [-0.05, 0) is 38.8 Å². The van der Waals surface area contributed by atoms with Gasteiger partial charge in [0.05, 0.1) is 0 Å². The first-order valence-electron chi connectivity index (χ1n) is 6.76. The zero-order chi connectivity index (χ0) is 12.8. The molecule has 0 aliphatic heterocycles. The predicted molar refractivity (Wildman–Crippen MR) is 73.9 cm³/mol. The van der Waals surface area contributed by atoms with Crippen LogP contribution in [0.15, 0.2) is 0 Å². The van der Waals surface area contributed by atoms with E-state index in [0.717, 1.165) is 13.1 Å². The zero-order valence-corrected chi connectivity index (χ0v) is 12.4. The van der Waals surface area contributed by atoms with Crippen molar-refractivity contribution in [2.45, 2.75) is 66.5 Å². The van der Waals surface area contributed by atoms with Crippen molar-refractivity contribution in [3.63, 3.8) is 0 Å². The van der Waals surface area contributed by atoms with Gasteiger partial charge in [-0.3, -0.25) is 0 Å². The summed E-state index contributed by atoms with van der Waals surface area (Å²) in [5, 5.41) is 3.61. The summed E-state index contributed by atoms with van der Waals surface area (Å²) in [6, 6.07) is 1.25. The normalized spacial score (nSPS) is 16.5. The summed E-state index contributed by atoms with van der Waals surface area (Å²) in [6.45, 7) is 16.0. The van der Waals surface area contributed by atoms with Gasteiger partial charge in [0.15, 0.2) is 0 Å². The van der Waals surface area contributed by atoms with Crippen molar-refractivity contribution in [2.75, 3.05) is 20.1 Å². The van der Waals surface area contributed by atoms with E-state index in [0.29, 0.717) is 17.5 Å². The SMILES string of the molecule is CCCNC(CC)CN(C)C(C)C(C)(C)C. The smallest absolute Gasteiger partial charge is 0.0192 e. The Bertz CT molecular complexity index is 172. The molecule has 0 aromatic rings. The number of hydrogen-bond donors (Lipinski definition) is 1. The second-order valence-electron chi connectivity index (χ2n) is 6.04. The second-order valence-corrected chi connectivity index (χ2v) is 6.04. The molecule has 98 valence electrons. The van der Waals surface area contributed by atoms with Crippen molar-refractivity contribution in [2.24, 2.45) is 5.41 Å². The zero-order valence-electron chi connectivity index (χ0n) is 12.4. The van der Waals surface area contributed by atoms with E-state index >= 15 is 0 Å². The molecule has 16 heavy (non-hydrogen) atoms. The summed E-state index contributed by atoms with van der Waals surface area (Å²) >= 11 is 0. The van der Waals surface area contributed by atoms with Crippen LogP contribution in [0.5, 0.6) is 0 Å². The molecular formula is C14H32N2. The fourth-order valence-electron chi connectivity index (χ4n) is 1.85. The largest absolute Gasteiger partial charge is 0.313 e. The van der Waals surface area contributed by atoms with Crippen molar-refractivity contribution in [1.29, 1.82) is 0 Å². The number of likely N-dealkylation sites (N-methyl/N-ethyl adjacent to an activating group) is 1. The molecule has 2 unspecified atom stereocenters. The Balaban J connectivity index is 4.13. The molecule has 0 rings (SSSR count).